The summed E-state index contributed by atoms with van der Waals surface area (Å²) < 4.78 is 33.6. The van der Waals surface area contributed by atoms with Crippen LogP contribution in [-0.4, -0.2) is 42.0 Å². The van der Waals surface area contributed by atoms with Crippen molar-refractivity contribution < 1.29 is 18.3 Å². The third-order valence-electron chi connectivity index (χ3n) is 5.84. The summed E-state index contributed by atoms with van der Waals surface area (Å²) >= 11 is 7.78. The summed E-state index contributed by atoms with van der Waals surface area (Å²) in [6.07, 6.45) is -0.545. The number of carbonyl (C=O) groups is 1. The van der Waals surface area contributed by atoms with Gasteiger partial charge in [0.1, 0.15) is 11.6 Å². The SMILES string of the molecule is Cc1cccc(Cl)c1C(=O)NCC(c1scnc1C)N1CCOC(c2ccc(F)cc2F)C1. The number of hydrogen-bond acceptors (Lipinski definition) is 5. The Bertz CT molecular complexity index is 1140. The molecule has 5 nitrogen and oxygen atoms in total. The van der Waals surface area contributed by atoms with E-state index in [0.717, 1.165) is 22.2 Å². The number of carbonyl (C=O) groups excluding carboxylic acids is 1. The van der Waals surface area contributed by atoms with Crippen LogP contribution in [0, 0.1) is 25.5 Å². The lowest BCUT2D eigenvalue weighted by molar-refractivity contribution is -0.0462. The summed E-state index contributed by atoms with van der Waals surface area (Å²) in [6, 6.07) is 8.69. The van der Waals surface area contributed by atoms with Gasteiger partial charge in [0.2, 0.25) is 0 Å². The zero-order chi connectivity index (χ0) is 23.5. The molecule has 2 atom stereocenters. The lowest BCUT2D eigenvalue weighted by atomic mass is 10.0. The van der Waals surface area contributed by atoms with Crippen LogP contribution in [0.1, 0.15) is 44.2 Å². The zero-order valence-electron chi connectivity index (χ0n) is 18.3. The highest BCUT2D eigenvalue weighted by Gasteiger charge is 2.32. The minimum Gasteiger partial charge on any atom is -0.371 e. The molecular weight excluding hydrogens is 468 g/mol. The highest BCUT2D eigenvalue weighted by molar-refractivity contribution is 7.09. The number of morpholine rings is 1. The van der Waals surface area contributed by atoms with Crippen molar-refractivity contribution in [2.45, 2.75) is 26.0 Å². The number of amides is 1. The van der Waals surface area contributed by atoms with Crippen LogP contribution >= 0.6 is 22.9 Å². The molecular formula is C24H24ClF2N3O2S. The Labute approximate surface area is 200 Å². The van der Waals surface area contributed by atoms with E-state index in [1.165, 1.54) is 23.5 Å². The molecule has 2 unspecified atom stereocenters. The Kier molecular flexibility index (Phi) is 7.38. The topological polar surface area (TPSA) is 54.5 Å². The second-order valence-electron chi connectivity index (χ2n) is 7.98. The predicted octanol–water partition coefficient (Wildman–Crippen LogP) is 5.24. The molecule has 0 bridgehead atoms. The maximum atomic E-state index is 14.4. The van der Waals surface area contributed by atoms with Crippen molar-refractivity contribution in [3.05, 3.63) is 85.8 Å². The number of halogens is 3. The van der Waals surface area contributed by atoms with Crippen molar-refractivity contribution in [2.24, 2.45) is 0 Å². The molecule has 1 saturated heterocycles. The van der Waals surface area contributed by atoms with E-state index in [0.29, 0.717) is 42.4 Å². The normalized spacial score (nSPS) is 17.7. The molecule has 9 heteroatoms. The van der Waals surface area contributed by atoms with E-state index in [9.17, 15) is 13.6 Å². The van der Waals surface area contributed by atoms with Gasteiger partial charge in [0.05, 0.1) is 40.5 Å². The van der Waals surface area contributed by atoms with Crippen LogP contribution in [0.2, 0.25) is 5.02 Å². The Morgan fingerprint density at radius 2 is 2.15 bits per heavy atom. The fourth-order valence-electron chi connectivity index (χ4n) is 4.12. The van der Waals surface area contributed by atoms with Gasteiger partial charge in [-0.05, 0) is 31.5 Å². The van der Waals surface area contributed by atoms with Gasteiger partial charge in [-0.3, -0.25) is 9.69 Å². The molecule has 1 aliphatic heterocycles. The summed E-state index contributed by atoms with van der Waals surface area (Å²) in [5, 5.41) is 3.42. The molecule has 4 rings (SSSR count). The van der Waals surface area contributed by atoms with E-state index in [-0.39, 0.29) is 11.9 Å². The molecule has 2 heterocycles. The largest absolute Gasteiger partial charge is 0.371 e. The Morgan fingerprint density at radius 3 is 2.85 bits per heavy atom. The molecule has 3 aromatic rings. The maximum Gasteiger partial charge on any atom is 0.253 e. The Balaban J connectivity index is 1.56. The van der Waals surface area contributed by atoms with Gasteiger partial charge in [0.25, 0.3) is 5.91 Å². The van der Waals surface area contributed by atoms with Crippen molar-refractivity contribution in [3.8, 4) is 0 Å². The third-order valence-corrected chi connectivity index (χ3v) is 7.19. The second kappa shape index (κ2) is 10.3. The van der Waals surface area contributed by atoms with Gasteiger partial charge >= 0.3 is 0 Å². The molecule has 0 aliphatic carbocycles. The van der Waals surface area contributed by atoms with Gasteiger partial charge in [-0.15, -0.1) is 11.3 Å². The minimum atomic E-state index is -0.630. The average molecular weight is 492 g/mol. The predicted molar refractivity (Wildman–Crippen MR) is 125 cm³/mol. The van der Waals surface area contributed by atoms with E-state index in [2.05, 4.69) is 15.2 Å². The molecule has 1 aromatic heterocycles. The number of benzene rings is 2. The van der Waals surface area contributed by atoms with E-state index < -0.39 is 17.7 Å². The monoisotopic (exact) mass is 491 g/mol. The summed E-state index contributed by atoms with van der Waals surface area (Å²) in [7, 11) is 0. The molecule has 1 aliphatic rings. The highest BCUT2D eigenvalue weighted by atomic mass is 35.5. The second-order valence-corrected chi connectivity index (χ2v) is 9.27. The van der Waals surface area contributed by atoms with Gasteiger partial charge < -0.3 is 10.1 Å². The van der Waals surface area contributed by atoms with Crippen LogP contribution in [-0.2, 0) is 4.74 Å². The molecule has 1 N–H and O–H groups in total. The number of nitrogens with zero attached hydrogens (tertiary/aromatic N) is 2. The lowest BCUT2D eigenvalue weighted by Gasteiger charge is -2.38. The van der Waals surface area contributed by atoms with Crippen molar-refractivity contribution in [3.63, 3.8) is 0 Å². The van der Waals surface area contributed by atoms with Crippen molar-refractivity contribution in [2.75, 3.05) is 26.2 Å². The van der Waals surface area contributed by atoms with Gasteiger partial charge in [0, 0.05) is 36.1 Å². The molecule has 1 fully saturated rings. The van der Waals surface area contributed by atoms with E-state index in [4.69, 9.17) is 16.3 Å². The van der Waals surface area contributed by atoms with E-state index >= 15 is 0 Å². The number of ether oxygens (including phenoxy) is 1. The zero-order valence-corrected chi connectivity index (χ0v) is 19.9. The number of rotatable bonds is 6. The van der Waals surface area contributed by atoms with Crippen LogP contribution in [0.5, 0.6) is 0 Å². The first-order valence-corrected chi connectivity index (χ1v) is 11.8. The van der Waals surface area contributed by atoms with Crippen LogP contribution in [0.25, 0.3) is 0 Å². The third kappa shape index (κ3) is 5.24. The summed E-state index contributed by atoms with van der Waals surface area (Å²) in [4.78, 5) is 20.5. The fourth-order valence-corrected chi connectivity index (χ4v) is 5.36. The van der Waals surface area contributed by atoms with Crippen molar-refractivity contribution >= 4 is 28.8 Å². The van der Waals surface area contributed by atoms with Crippen LogP contribution in [0.4, 0.5) is 8.78 Å². The van der Waals surface area contributed by atoms with Gasteiger partial charge in [-0.25, -0.2) is 13.8 Å². The molecule has 33 heavy (non-hydrogen) atoms. The molecule has 0 saturated carbocycles. The number of thiazole rings is 1. The number of nitrogens with one attached hydrogen (secondary N) is 1. The average Bonchev–Trinajstić information content (AvgIpc) is 3.19. The van der Waals surface area contributed by atoms with Crippen LogP contribution in [0.15, 0.2) is 41.9 Å². The van der Waals surface area contributed by atoms with E-state index in [1.807, 2.05) is 19.9 Å². The van der Waals surface area contributed by atoms with Crippen molar-refractivity contribution in [1.82, 2.24) is 15.2 Å². The molecule has 0 radical (unpaired) electrons. The van der Waals surface area contributed by atoms with Gasteiger partial charge in [-0.2, -0.15) is 0 Å². The Morgan fingerprint density at radius 1 is 1.33 bits per heavy atom. The van der Waals surface area contributed by atoms with Gasteiger partial charge in [0.15, 0.2) is 0 Å². The minimum absolute atomic E-state index is 0.181. The van der Waals surface area contributed by atoms with E-state index in [1.54, 1.807) is 17.6 Å². The first-order chi connectivity index (χ1) is 15.8. The number of hydrogen-bond donors (Lipinski definition) is 1. The molecule has 2 aromatic carbocycles. The maximum absolute atomic E-state index is 14.4. The first kappa shape index (κ1) is 23.8. The summed E-state index contributed by atoms with van der Waals surface area (Å²) in [6.45, 7) is 5.47. The van der Waals surface area contributed by atoms with Crippen molar-refractivity contribution in [1.29, 1.82) is 0 Å². The van der Waals surface area contributed by atoms with Crippen LogP contribution < -0.4 is 5.32 Å². The first-order valence-electron chi connectivity index (χ1n) is 10.6. The molecule has 1 amide bonds. The molecule has 174 valence electrons. The number of aryl methyl sites for hydroxylation is 2. The van der Waals surface area contributed by atoms with Crippen LogP contribution in [0.3, 0.4) is 0 Å². The summed E-state index contributed by atoms with van der Waals surface area (Å²) in [5.41, 5.74) is 4.21. The number of aromatic nitrogens is 1. The van der Waals surface area contributed by atoms with Gasteiger partial charge in [-0.1, -0.05) is 29.8 Å². The Hall–Kier alpha value is -2.39. The molecule has 0 spiro atoms. The highest BCUT2D eigenvalue weighted by Crippen LogP contribution is 2.33. The summed E-state index contributed by atoms with van der Waals surface area (Å²) in [5.74, 6) is -1.51. The standard InChI is InChI=1S/C24H24ClF2N3O2S/c1-14-4-3-5-18(25)22(14)24(31)28-11-20(23-15(2)29-13-33-23)30-8-9-32-21(12-30)17-7-6-16(26)10-19(17)27/h3-7,10,13,20-21H,8-9,11-12H2,1-2H3,(H,28,31). The quantitative estimate of drug-likeness (QED) is 0.512. The smallest absolute Gasteiger partial charge is 0.253 e. The lowest BCUT2D eigenvalue weighted by Crippen LogP contribution is -2.45. The fraction of sp³-hybridized carbons (Fsp3) is 0.333.